The summed E-state index contributed by atoms with van der Waals surface area (Å²) in [7, 11) is 0. The molecule has 0 unspecified atom stereocenters. The Bertz CT molecular complexity index is 750. The summed E-state index contributed by atoms with van der Waals surface area (Å²) < 4.78 is 12.6. The Hall–Kier alpha value is -1.52. The second kappa shape index (κ2) is 11.5. The summed E-state index contributed by atoms with van der Waals surface area (Å²) in [5, 5.41) is 4.56. The fourth-order valence-corrected chi connectivity index (χ4v) is 4.54. The Morgan fingerprint density at radius 2 is 0.964 bits per heavy atom. The smallest absolute Gasteiger partial charge is 0.135 e. The van der Waals surface area contributed by atoms with Gasteiger partial charge in [-0.05, 0) is 35.9 Å². The summed E-state index contributed by atoms with van der Waals surface area (Å²) in [6, 6.07) is 16.9. The molecule has 0 amide bonds. The fourth-order valence-electron chi connectivity index (χ4n) is 3.32. The molecule has 0 aliphatic carbocycles. The number of rotatable bonds is 12. The lowest BCUT2D eigenvalue weighted by Gasteiger charge is -2.18. The molecule has 28 heavy (non-hydrogen) atoms. The first kappa shape index (κ1) is 21.2. The van der Waals surface area contributed by atoms with Crippen LogP contribution in [0.1, 0.15) is 26.7 Å². The molecule has 0 atom stereocenters. The Morgan fingerprint density at radius 1 is 0.607 bits per heavy atom. The molecule has 0 saturated heterocycles. The van der Waals surface area contributed by atoms with Crippen LogP contribution in [0.4, 0.5) is 0 Å². The molecular formula is C24H30O2S2. The highest BCUT2D eigenvalue weighted by Crippen LogP contribution is 2.42. The molecule has 0 aromatic heterocycles. The van der Waals surface area contributed by atoms with Crippen LogP contribution in [0.25, 0.3) is 21.5 Å². The van der Waals surface area contributed by atoms with E-state index in [1.807, 2.05) is 23.5 Å². The number of hydrogen-bond acceptors (Lipinski definition) is 4. The lowest BCUT2D eigenvalue weighted by molar-refractivity contribution is 0.321. The van der Waals surface area contributed by atoms with Gasteiger partial charge in [0.2, 0.25) is 0 Å². The molecule has 0 radical (unpaired) electrons. The maximum atomic E-state index is 6.32. The molecule has 0 bridgehead atoms. The molecule has 3 aromatic carbocycles. The van der Waals surface area contributed by atoms with E-state index in [1.165, 1.54) is 0 Å². The zero-order valence-corrected chi connectivity index (χ0v) is 18.5. The van der Waals surface area contributed by atoms with E-state index in [0.29, 0.717) is 0 Å². The van der Waals surface area contributed by atoms with Gasteiger partial charge in [-0.25, -0.2) is 0 Å². The van der Waals surface area contributed by atoms with Gasteiger partial charge < -0.3 is 9.47 Å². The second-order valence-electron chi connectivity index (χ2n) is 6.55. The number of ether oxygens (including phenoxy) is 2. The lowest BCUT2D eigenvalue weighted by Crippen LogP contribution is -2.03. The molecule has 0 aliphatic rings. The van der Waals surface area contributed by atoms with Gasteiger partial charge in [0.1, 0.15) is 11.5 Å². The van der Waals surface area contributed by atoms with Crippen molar-refractivity contribution < 1.29 is 9.47 Å². The van der Waals surface area contributed by atoms with E-state index in [9.17, 15) is 0 Å². The third kappa shape index (κ3) is 5.30. The molecule has 0 N–H and O–H groups in total. The van der Waals surface area contributed by atoms with Gasteiger partial charge >= 0.3 is 0 Å². The standard InChI is InChI=1S/C24H30O2S2/c1-3-27-17-9-15-25-23-19-11-5-7-13-21(19)24(26-16-10-18-28-4-2)22-14-8-6-12-20(22)23/h5-8,11-14H,3-4,9-10,15-18H2,1-2H3. The first-order chi connectivity index (χ1) is 13.9. The van der Waals surface area contributed by atoms with E-state index in [-0.39, 0.29) is 0 Å². The number of hydrogen-bond donors (Lipinski definition) is 0. The van der Waals surface area contributed by atoms with Crippen LogP contribution in [0, 0.1) is 0 Å². The summed E-state index contributed by atoms with van der Waals surface area (Å²) in [5.41, 5.74) is 0. The summed E-state index contributed by atoms with van der Waals surface area (Å²) in [5.74, 6) is 6.58. The zero-order chi connectivity index (χ0) is 19.6. The fraction of sp³-hybridized carbons (Fsp3) is 0.417. The van der Waals surface area contributed by atoms with Crippen LogP contribution in [0.3, 0.4) is 0 Å². The van der Waals surface area contributed by atoms with Crippen LogP contribution in [-0.4, -0.2) is 36.2 Å². The largest absolute Gasteiger partial charge is 0.492 e. The quantitative estimate of drug-likeness (QED) is 0.234. The maximum absolute atomic E-state index is 6.32. The van der Waals surface area contributed by atoms with Crippen LogP contribution in [0.2, 0.25) is 0 Å². The molecule has 3 rings (SSSR count). The van der Waals surface area contributed by atoms with Crippen LogP contribution in [-0.2, 0) is 0 Å². The first-order valence-electron chi connectivity index (χ1n) is 10.2. The minimum atomic E-state index is 0.745. The summed E-state index contributed by atoms with van der Waals surface area (Å²) >= 11 is 3.93. The average Bonchev–Trinajstić information content (AvgIpc) is 2.74. The Labute approximate surface area is 177 Å². The summed E-state index contributed by atoms with van der Waals surface area (Å²) in [6.45, 7) is 5.89. The van der Waals surface area contributed by atoms with Crippen LogP contribution in [0.5, 0.6) is 11.5 Å². The van der Waals surface area contributed by atoms with Crippen molar-refractivity contribution in [1.29, 1.82) is 0 Å². The van der Waals surface area contributed by atoms with E-state index < -0.39 is 0 Å². The predicted molar refractivity (Wildman–Crippen MR) is 128 cm³/mol. The molecular weight excluding hydrogens is 384 g/mol. The Kier molecular flexibility index (Phi) is 8.69. The van der Waals surface area contributed by atoms with Crippen molar-refractivity contribution in [2.45, 2.75) is 26.7 Å². The maximum Gasteiger partial charge on any atom is 0.135 e. The molecule has 0 saturated carbocycles. The van der Waals surface area contributed by atoms with Gasteiger partial charge in [-0.15, -0.1) is 0 Å². The normalized spacial score (nSPS) is 11.2. The van der Waals surface area contributed by atoms with Crippen LogP contribution in [0.15, 0.2) is 48.5 Å². The van der Waals surface area contributed by atoms with Crippen LogP contribution < -0.4 is 9.47 Å². The van der Waals surface area contributed by atoms with E-state index in [1.54, 1.807) is 0 Å². The second-order valence-corrected chi connectivity index (χ2v) is 9.33. The van der Waals surface area contributed by atoms with E-state index in [2.05, 4.69) is 62.4 Å². The molecule has 0 fully saturated rings. The first-order valence-corrected chi connectivity index (χ1v) is 12.5. The van der Waals surface area contributed by atoms with Crippen molar-refractivity contribution in [3.63, 3.8) is 0 Å². The number of fused-ring (bicyclic) bond motifs is 2. The molecule has 3 aromatic rings. The van der Waals surface area contributed by atoms with Gasteiger partial charge in [0.05, 0.1) is 13.2 Å². The van der Waals surface area contributed by atoms with Gasteiger partial charge in [0, 0.05) is 21.5 Å². The van der Waals surface area contributed by atoms with Gasteiger partial charge in [-0.2, -0.15) is 23.5 Å². The van der Waals surface area contributed by atoms with Crippen molar-refractivity contribution in [3.8, 4) is 11.5 Å². The third-order valence-corrected chi connectivity index (χ3v) is 6.57. The zero-order valence-electron chi connectivity index (χ0n) is 16.9. The van der Waals surface area contributed by atoms with Gasteiger partial charge in [-0.3, -0.25) is 0 Å². The van der Waals surface area contributed by atoms with Crippen molar-refractivity contribution in [3.05, 3.63) is 48.5 Å². The molecule has 4 heteroatoms. The van der Waals surface area contributed by atoms with E-state index >= 15 is 0 Å². The third-order valence-electron chi connectivity index (χ3n) is 4.60. The molecule has 0 heterocycles. The van der Waals surface area contributed by atoms with E-state index in [4.69, 9.17) is 9.47 Å². The average molecular weight is 415 g/mol. The van der Waals surface area contributed by atoms with Crippen molar-refractivity contribution in [2.75, 3.05) is 36.2 Å². The highest BCUT2D eigenvalue weighted by atomic mass is 32.2. The number of benzene rings is 3. The van der Waals surface area contributed by atoms with Gasteiger partial charge in [-0.1, -0.05) is 62.4 Å². The summed E-state index contributed by atoms with van der Waals surface area (Å²) in [6.07, 6.45) is 2.13. The highest BCUT2D eigenvalue weighted by Gasteiger charge is 2.15. The number of thioether (sulfide) groups is 2. The predicted octanol–water partition coefficient (Wildman–Crippen LogP) is 7.04. The summed E-state index contributed by atoms with van der Waals surface area (Å²) in [4.78, 5) is 0. The molecule has 0 aliphatic heterocycles. The highest BCUT2D eigenvalue weighted by molar-refractivity contribution is 7.99. The SMILES string of the molecule is CCSCCCOc1c2ccccc2c(OCCCSCC)c2ccccc12. The minimum Gasteiger partial charge on any atom is -0.492 e. The van der Waals surface area contributed by atoms with Gasteiger partial charge in [0.15, 0.2) is 0 Å². The molecule has 0 spiro atoms. The van der Waals surface area contributed by atoms with Crippen molar-refractivity contribution in [2.24, 2.45) is 0 Å². The van der Waals surface area contributed by atoms with Crippen LogP contribution >= 0.6 is 23.5 Å². The van der Waals surface area contributed by atoms with Crippen molar-refractivity contribution in [1.82, 2.24) is 0 Å². The molecule has 2 nitrogen and oxygen atoms in total. The Balaban J connectivity index is 1.91. The topological polar surface area (TPSA) is 18.5 Å². The van der Waals surface area contributed by atoms with Crippen molar-refractivity contribution >= 4 is 45.1 Å². The Morgan fingerprint density at radius 3 is 1.29 bits per heavy atom. The minimum absolute atomic E-state index is 0.745. The monoisotopic (exact) mass is 414 g/mol. The lowest BCUT2D eigenvalue weighted by atomic mass is 10.0. The van der Waals surface area contributed by atoms with Gasteiger partial charge in [0.25, 0.3) is 0 Å². The molecule has 150 valence electrons. The van der Waals surface area contributed by atoms with E-state index in [0.717, 1.165) is 82.1 Å².